The minimum absolute atomic E-state index is 0.669. The monoisotopic (exact) mass is 284 g/mol. The summed E-state index contributed by atoms with van der Waals surface area (Å²) in [5.41, 5.74) is 1.87. The molecule has 0 aliphatic carbocycles. The minimum Gasteiger partial charge on any atom is -0.231 e. The average molecular weight is 285 g/mol. The van der Waals surface area contributed by atoms with E-state index in [1.807, 2.05) is 31.2 Å². The molecule has 0 amide bonds. The van der Waals surface area contributed by atoms with Crippen LogP contribution in [0.2, 0.25) is 10.0 Å². The van der Waals surface area contributed by atoms with E-state index in [-0.39, 0.29) is 0 Å². The quantitative estimate of drug-likeness (QED) is 0.618. The molecular weight excluding hydrogens is 275 g/mol. The molecule has 1 heterocycles. The summed E-state index contributed by atoms with van der Waals surface area (Å²) >= 11 is 13.7. The summed E-state index contributed by atoms with van der Waals surface area (Å²) in [5.74, 6) is 0.669. The standard InChI is InChI=1S/C12H10Cl2N2S/c1-8-5-6-15-12(16-8)17-7-9-10(13)3-2-4-11(9)14/h2-6H,7H2,1H3. The SMILES string of the molecule is Cc1ccnc(SCc2c(Cl)cccc2Cl)n1. The summed E-state index contributed by atoms with van der Waals surface area (Å²) in [4.78, 5) is 8.49. The van der Waals surface area contributed by atoms with E-state index in [2.05, 4.69) is 9.97 Å². The first-order valence-corrected chi connectivity index (χ1v) is 6.76. The third-order valence-corrected chi connectivity index (χ3v) is 3.78. The van der Waals surface area contributed by atoms with Gasteiger partial charge in [-0.2, -0.15) is 0 Å². The normalized spacial score (nSPS) is 10.5. The molecule has 0 atom stereocenters. The molecule has 17 heavy (non-hydrogen) atoms. The Morgan fingerprint density at radius 3 is 2.53 bits per heavy atom. The van der Waals surface area contributed by atoms with Crippen LogP contribution in [-0.2, 0) is 5.75 Å². The van der Waals surface area contributed by atoms with Gasteiger partial charge in [-0.1, -0.05) is 41.0 Å². The van der Waals surface area contributed by atoms with Crippen LogP contribution in [0.1, 0.15) is 11.3 Å². The van der Waals surface area contributed by atoms with Gasteiger partial charge >= 0.3 is 0 Å². The molecule has 0 unspecified atom stereocenters. The second-order valence-electron chi connectivity index (χ2n) is 3.47. The van der Waals surface area contributed by atoms with Crippen LogP contribution < -0.4 is 0 Å². The molecule has 0 saturated carbocycles. The van der Waals surface area contributed by atoms with Crippen LogP contribution in [0.15, 0.2) is 35.6 Å². The van der Waals surface area contributed by atoms with E-state index in [4.69, 9.17) is 23.2 Å². The summed E-state index contributed by atoms with van der Waals surface area (Å²) in [7, 11) is 0. The number of aromatic nitrogens is 2. The minimum atomic E-state index is 0.669. The highest BCUT2D eigenvalue weighted by molar-refractivity contribution is 7.98. The van der Waals surface area contributed by atoms with Crippen LogP contribution in [0.25, 0.3) is 0 Å². The lowest BCUT2D eigenvalue weighted by atomic mass is 10.2. The molecule has 2 rings (SSSR count). The Morgan fingerprint density at radius 2 is 1.88 bits per heavy atom. The lowest BCUT2D eigenvalue weighted by Crippen LogP contribution is -1.90. The number of aryl methyl sites for hydroxylation is 1. The van der Waals surface area contributed by atoms with Crippen molar-refractivity contribution in [3.63, 3.8) is 0 Å². The van der Waals surface area contributed by atoms with Crippen molar-refractivity contribution in [1.82, 2.24) is 9.97 Å². The number of hydrogen-bond acceptors (Lipinski definition) is 3. The van der Waals surface area contributed by atoms with Crippen LogP contribution in [0.3, 0.4) is 0 Å². The Hall–Kier alpha value is -0.770. The molecule has 0 fully saturated rings. The van der Waals surface area contributed by atoms with Crippen molar-refractivity contribution in [3.05, 3.63) is 51.8 Å². The second kappa shape index (κ2) is 5.71. The van der Waals surface area contributed by atoms with E-state index in [0.29, 0.717) is 15.8 Å². The summed E-state index contributed by atoms with van der Waals surface area (Å²) in [6, 6.07) is 7.37. The summed E-state index contributed by atoms with van der Waals surface area (Å²) in [6.45, 7) is 1.94. The molecule has 2 nitrogen and oxygen atoms in total. The Balaban J connectivity index is 2.13. The van der Waals surface area contributed by atoms with E-state index in [1.54, 1.807) is 6.20 Å². The van der Waals surface area contributed by atoms with Gasteiger partial charge in [0.1, 0.15) is 0 Å². The lowest BCUT2D eigenvalue weighted by molar-refractivity contribution is 0.932. The van der Waals surface area contributed by atoms with E-state index in [0.717, 1.165) is 16.4 Å². The summed E-state index contributed by atoms with van der Waals surface area (Å²) < 4.78 is 0. The fourth-order valence-electron chi connectivity index (χ4n) is 1.30. The van der Waals surface area contributed by atoms with Crippen LogP contribution in [-0.4, -0.2) is 9.97 Å². The first-order valence-electron chi connectivity index (χ1n) is 5.02. The molecular formula is C12H10Cl2N2S. The van der Waals surface area contributed by atoms with Crippen molar-refractivity contribution in [1.29, 1.82) is 0 Å². The molecule has 0 bridgehead atoms. The smallest absolute Gasteiger partial charge is 0.188 e. The molecule has 1 aromatic heterocycles. The highest BCUT2D eigenvalue weighted by Gasteiger charge is 2.07. The molecule has 88 valence electrons. The number of nitrogens with zero attached hydrogens (tertiary/aromatic N) is 2. The van der Waals surface area contributed by atoms with Crippen molar-refractivity contribution in [2.75, 3.05) is 0 Å². The van der Waals surface area contributed by atoms with Crippen molar-refractivity contribution < 1.29 is 0 Å². The zero-order valence-corrected chi connectivity index (χ0v) is 11.5. The van der Waals surface area contributed by atoms with Gasteiger partial charge in [0.25, 0.3) is 0 Å². The fraction of sp³-hybridized carbons (Fsp3) is 0.167. The number of halogens is 2. The number of hydrogen-bond donors (Lipinski definition) is 0. The van der Waals surface area contributed by atoms with E-state index in [1.165, 1.54) is 11.8 Å². The molecule has 0 aliphatic rings. The predicted octanol–water partition coefficient (Wildman–Crippen LogP) is 4.38. The predicted molar refractivity (Wildman–Crippen MR) is 72.8 cm³/mol. The summed E-state index contributed by atoms with van der Waals surface area (Å²) in [6.07, 6.45) is 1.75. The molecule has 0 radical (unpaired) electrons. The number of benzene rings is 1. The lowest BCUT2D eigenvalue weighted by Gasteiger charge is -2.05. The largest absolute Gasteiger partial charge is 0.231 e. The average Bonchev–Trinajstić information content (AvgIpc) is 2.28. The second-order valence-corrected chi connectivity index (χ2v) is 5.23. The van der Waals surface area contributed by atoms with Gasteiger partial charge < -0.3 is 0 Å². The Kier molecular flexibility index (Phi) is 4.26. The fourth-order valence-corrected chi connectivity index (χ4v) is 2.92. The first kappa shape index (κ1) is 12.7. The maximum atomic E-state index is 6.09. The van der Waals surface area contributed by atoms with Crippen LogP contribution in [0.4, 0.5) is 0 Å². The Morgan fingerprint density at radius 1 is 1.18 bits per heavy atom. The van der Waals surface area contributed by atoms with Gasteiger partial charge in [0, 0.05) is 27.7 Å². The Labute approximate surface area is 114 Å². The van der Waals surface area contributed by atoms with Crippen LogP contribution >= 0.6 is 35.0 Å². The molecule has 1 aromatic carbocycles. The Bertz CT molecular complexity index is 511. The van der Waals surface area contributed by atoms with Gasteiger partial charge in [0.05, 0.1) is 0 Å². The van der Waals surface area contributed by atoms with Crippen molar-refractivity contribution in [3.8, 4) is 0 Å². The summed E-state index contributed by atoms with van der Waals surface area (Å²) in [5, 5.41) is 2.09. The maximum Gasteiger partial charge on any atom is 0.188 e. The van der Waals surface area contributed by atoms with Crippen molar-refractivity contribution in [2.45, 2.75) is 17.8 Å². The number of thioether (sulfide) groups is 1. The van der Waals surface area contributed by atoms with Gasteiger partial charge in [0.15, 0.2) is 5.16 Å². The van der Waals surface area contributed by atoms with Crippen molar-refractivity contribution in [2.24, 2.45) is 0 Å². The topological polar surface area (TPSA) is 25.8 Å². The van der Waals surface area contributed by atoms with Crippen molar-refractivity contribution >= 4 is 35.0 Å². The van der Waals surface area contributed by atoms with E-state index in [9.17, 15) is 0 Å². The molecule has 0 N–H and O–H groups in total. The van der Waals surface area contributed by atoms with Gasteiger partial charge in [-0.25, -0.2) is 9.97 Å². The zero-order valence-electron chi connectivity index (χ0n) is 9.15. The third-order valence-electron chi connectivity index (χ3n) is 2.18. The van der Waals surface area contributed by atoms with Gasteiger partial charge in [0.2, 0.25) is 0 Å². The molecule has 0 saturated heterocycles. The maximum absolute atomic E-state index is 6.09. The van der Waals surface area contributed by atoms with Crippen LogP contribution in [0, 0.1) is 6.92 Å². The van der Waals surface area contributed by atoms with Gasteiger partial charge in [-0.3, -0.25) is 0 Å². The molecule has 0 spiro atoms. The van der Waals surface area contributed by atoms with Crippen LogP contribution in [0.5, 0.6) is 0 Å². The molecule has 0 aliphatic heterocycles. The first-order chi connectivity index (χ1) is 8.16. The van der Waals surface area contributed by atoms with E-state index < -0.39 is 0 Å². The zero-order chi connectivity index (χ0) is 12.3. The number of rotatable bonds is 3. The molecule has 2 aromatic rings. The van der Waals surface area contributed by atoms with E-state index >= 15 is 0 Å². The highest BCUT2D eigenvalue weighted by Crippen LogP contribution is 2.30. The van der Waals surface area contributed by atoms with Gasteiger partial charge in [-0.15, -0.1) is 0 Å². The molecule has 5 heteroatoms. The van der Waals surface area contributed by atoms with Gasteiger partial charge in [-0.05, 0) is 30.7 Å². The third kappa shape index (κ3) is 3.35. The highest BCUT2D eigenvalue weighted by atomic mass is 35.5.